The van der Waals surface area contributed by atoms with Gasteiger partial charge in [-0.05, 0) is 6.42 Å². The fraction of sp³-hybridized carbons (Fsp3) is 1.00. The smallest absolute Gasteiger partial charge is 0.196 e. The van der Waals surface area contributed by atoms with Crippen molar-refractivity contribution in [1.29, 1.82) is 0 Å². The van der Waals surface area contributed by atoms with Crippen LogP contribution in [0.4, 0.5) is 0 Å². The maximum Gasteiger partial charge on any atom is 0.196 e. The van der Waals surface area contributed by atoms with Gasteiger partial charge in [-0.1, -0.05) is 32.6 Å². The van der Waals surface area contributed by atoms with Crippen molar-refractivity contribution in [1.82, 2.24) is 0 Å². The average Bonchev–Trinajstić information content (AvgIpc) is 2.11. The Hall–Kier alpha value is -0.160. The Morgan fingerprint density at radius 2 is 1.58 bits per heavy atom. The van der Waals surface area contributed by atoms with E-state index in [0.717, 1.165) is 12.8 Å². The Morgan fingerprint density at radius 1 is 1.00 bits per heavy atom. The first-order valence-electron chi connectivity index (χ1n) is 4.56. The highest BCUT2D eigenvalue weighted by atomic mass is 16.8. The lowest BCUT2D eigenvalue weighted by Crippen LogP contribution is -2.23. The lowest BCUT2D eigenvalue weighted by molar-refractivity contribution is -0.152. The van der Waals surface area contributed by atoms with E-state index in [1.54, 1.807) is 0 Å². The Labute approximate surface area is 74.1 Å². The first kappa shape index (κ1) is 11.8. The second-order valence-electron chi connectivity index (χ2n) is 2.90. The van der Waals surface area contributed by atoms with Gasteiger partial charge in [-0.2, -0.15) is 0 Å². The summed E-state index contributed by atoms with van der Waals surface area (Å²) in [6.45, 7) is 2.19. The van der Waals surface area contributed by atoms with Crippen LogP contribution in [0.25, 0.3) is 0 Å². The zero-order valence-corrected chi connectivity index (χ0v) is 7.79. The largest absolute Gasteiger partial charge is 0.271 e. The van der Waals surface area contributed by atoms with Crippen molar-refractivity contribution in [2.45, 2.75) is 51.7 Å². The van der Waals surface area contributed by atoms with Crippen molar-refractivity contribution in [2.24, 2.45) is 11.8 Å². The summed E-state index contributed by atoms with van der Waals surface area (Å²) in [4.78, 5) is 8.92. The van der Waals surface area contributed by atoms with E-state index in [-0.39, 0.29) is 0 Å². The van der Waals surface area contributed by atoms with E-state index in [1.165, 1.54) is 25.7 Å². The highest BCUT2D eigenvalue weighted by molar-refractivity contribution is 4.46. The predicted octanol–water partition coefficient (Wildman–Crippen LogP) is 1.45. The summed E-state index contributed by atoms with van der Waals surface area (Å²) in [5, 5.41) is 0. The minimum absolute atomic E-state index is 0.438. The SMILES string of the molecule is CCCCCCCC(ON)ON. The van der Waals surface area contributed by atoms with Gasteiger partial charge in [-0.25, -0.2) is 11.8 Å². The van der Waals surface area contributed by atoms with Gasteiger partial charge in [0.05, 0.1) is 0 Å². The Bertz CT molecular complexity index is 87.1. The molecule has 74 valence electrons. The van der Waals surface area contributed by atoms with Gasteiger partial charge in [0.15, 0.2) is 6.29 Å². The van der Waals surface area contributed by atoms with E-state index in [9.17, 15) is 0 Å². The minimum atomic E-state index is -0.438. The van der Waals surface area contributed by atoms with Crippen LogP contribution in [0, 0.1) is 0 Å². The van der Waals surface area contributed by atoms with Crippen molar-refractivity contribution in [3.8, 4) is 0 Å². The molecule has 0 aliphatic carbocycles. The standard InChI is InChI=1S/C8H20N2O2/c1-2-3-4-5-6-7-8(11-9)12-10/h8H,2-7,9-10H2,1H3. The molecule has 0 atom stereocenters. The molecule has 0 amide bonds. The topological polar surface area (TPSA) is 70.5 Å². The van der Waals surface area contributed by atoms with E-state index >= 15 is 0 Å². The molecule has 4 nitrogen and oxygen atoms in total. The molecular weight excluding hydrogens is 156 g/mol. The van der Waals surface area contributed by atoms with E-state index in [2.05, 4.69) is 16.6 Å². The summed E-state index contributed by atoms with van der Waals surface area (Å²) < 4.78 is 0. The number of unbranched alkanes of at least 4 members (excludes halogenated alkanes) is 4. The second-order valence-corrected chi connectivity index (χ2v) is 2.90. The number of rotatable bonds is 8. The van der Waals surface area contributed by atoms with Gasteiger partial charge < -0.3 is 0 Å². The monoisotopic (exact) mass is 176 g/mol. The highest BCUT2D eigenvalue weighted by Crippen LogP contribution is 2.07. The molecule has 0 aromatic carbocycles. The summed E-state index contributed by atoms with van der Waals surface area (Å²) >= 11 is 0. The minimum Gasteiger partial charge on any atom is -0.271 e. The van der Waals surface area contributed by atoms with Crippen molar-refractivity contribution < 1.29 is 9.68 Å². The summed E-state index contributed by atoms with van der Waals surface area (Å²) in [7, 11) is 0. The third-order valence-electron chi connectivity index (χ3n) is 1.85. The Morgan fingerprint density at radius 3 is 2.08 bits per heavy atom. The summed E-state index contributed by atoms with van der Waals surface area (Å²) in [6, 6.07) is 0. The van der Waals surface area contributed by atoms with Gasteiger partial charge in [0.1, 0.15) is 0 Å². The number of hydrogen-bond donors (Lipinski definition) is 2. The fourth-order valence-corrected chi connectivity index (χ4v) is 1.08. The van der Waals surface area contributed by atoms with Crippen LogP contribution in [0.15, 0.2) is 0 Å². The molecule has 0 saturated heterocycles. The van der Waals surface area contributed by atoms with E-state index in [0.29, 0.717) is 0 Å². The first-order chi connectivity index (χ1) is 5.85. The van der Waals surface area contributed by atoms with Crippen molar-refractivity contribution in [3.63, 3.8) is 0 Å². The van der Waals surface area contributed by atoms with Gasteiger partial charge in [0.2, 0.25) is 0 Å². The molecule has 12 heavy (non-hydrogen) atoms. The van der Waals surface area contributed by atoms with Crippen molar-refractivity contribution >= 4 is 0 Å². The molecule has 4 N–H and O–H groups in total. The molecular formula is C8H20N2O2. The third-order valence-corrected chi connectivity index (χ3v) is 1.85. The van der Waals surface area contributed by atoms with Gasteiger partial charge in [0, 0.05) is 6.42 Å². The van der Waals surface area contributed by atoms with Gasteiger partial charge in [-0.15, -0.1) is 0 Å². The summed E-state index contributed by atoms with van der Waals surface area (Å²) in [6.07, 6.45) is 6.39. The van der Waals surface area contributed by atoms with Crippen LogP contribution in [0.5, 0.6) is 0 Å². The zero-order chi connectivity index (χ0) is 9.23. The normalized spacial score (nSPS) is 11.0. The second kappa shape index (κ2) is 8.93. The van der Waals surface area contributed by atoms with Crippen LogP contribution in [-0.2, 0) is 9.68 Å². The first-order valence-corrected chi connectivity index (χ1v) is 4.56. The molecule has 0 radical (unpaired) electrons. The Balaban J connectivity index is 3.06. The predicted molar refractivity (Wildman–Crippen MR) is 47.7 cm³/mol. The molecule has 0 spiro atoms. The third kappa shape index (κ3) is 6.54. The van der Waals surface area contributed by atoms with Gasteiger partial charge >= 0.3 is 0 Å². The van der Waals surface area contributed by atoms with Crippen LogP contribution < -0.4 is 11.8 Å². The van der Waals surface area contributed by atoms with Crippen LogP contribution in [0.2, 0.25) is 0 Å². The molecule has 0 aromatic rings. The molecule has 0 saturated carbocycles. The molecule has 0 aliphatic heterocycles. The van der Waals surface area contributed by atoms with E-state index < -0.39 is 6.29 Å². The fourth-order valence-electron chi connectivity index (χ4n) is 1.08. The zero-order valence-electron chi connectivity index (χ0n) is 7.79. The highest BCUT2D eigenvalue weighted by Gasteiger charge is 2.04. The molecule has 0 aliphatic rings. The molecule has 0 rings (SSSR count). The van der Waals surface area contributed by atoms with Gasteiger partial charge in [0.25, 0.3) is 0 Å². The maximum absolute atomic E-state index is 4.92. The molecule has 0 aromatic heterocycles. The van der Waals surface area contributed by atoms with Crippen LogP contribution in [-0.4, -0.2) is 6.29 Å². The van der Waals surface area contributed by atoms with Crippen molar-refractivity contribution in [3.05, 3.63) is 0 Å². The lowest BCUT2D eigenvalue weighted by atomic mass is 10.1. The lowest BCUT2D eigenvalue weighted by Gasteiger charge is -2.10. The summed E-state index contributed by atoms with van der Waals surface area (Å²) in [5.74, 6) is 9.84. The van der Waals surface area contributed by atoms with Crippen LogP contribution in [0.1, 0.15) is 45.4 Å². The Kier molecular flexibility index (Phi) is 8.81. The van der Waals surface area contributed by atoms with Crippen molar-refractivity contribution in [2.75, 3.05) is 0 Å². The van der Waals surface area contributed by atoms with E-state index in [4.69, 9.17) is 11.8 Å². The van der Waals surface area contributed by atoms with Gasteiger partial charge in [-0.3, -0.25) is 9.68 Å². The van der Waals surface area contributed by atoms with Crippen LogP contribution >= 0.6 is 0 Å². The molecule has 4 heteroatoms. The number of nitrogens with two attached hydrogens (primary N) is 2. The number of hydrogen-bond acceptors (Lipinski definition) is 4. The molecule has 0 unspecified atom stereocenters. The molecule has 0 fully saturated rings. The average molecular weight is 176 g/mol. The maximum atomic E-state index is 4.92. The van der Waals surface area contributed by atoms with Crippen LogP contribution in [0.3, 0.4) is 0 Å². The van der Waals surface area contributed by atoms with E-state index in [1.807, 2.05) is 0 Å². The molecule has 0 heterocycles. The quantitative estimate of drug-likeness (QED) is 0.333. The molecule has 0 bridgehead atoms. The summed E-state index contributed by atoms with van der Waals surface area (Å²) in [5.41, 5.74) is 0.